The van der Waals surface area contributed by atoms with E-state index in [0.29, 0.717) is 0 Å². The summed E-state index contributed by atoms with van der Waals surface area (Å²) in [6.45, 7) is 12.4. The van der Waals surface area contributed by atoms with Gasteiger partial charge in [0.25, 0.3) is 0 Å². The van der Waals surface area contributed by atoms with Gasteiger partial charge in [0.15, 0.2) is 0 Å². The number of nitrogens with zero attached hydrogens (tertiary/aromatic N) is 4. The summed E-state index contributed by atoms with van der Waals surface area (Å²) < 4.78 is 17.4. The zero-order chi connectivity index (χ0) is 22.1. The summed E-state index contributed by atoms with van der Waals surface area (Å²) in [6.07, 6.45) is 6.68. The first kappa shape index (κ1) is 20.7. The van der Waals surface area contributed by atoms with Crippen LogP contribution in [-0.4, -0.2) is 37.5 Å². The van der Waals surface area contributed by atoms with E-state index in [0.717, 1.165) is 38.6 Å². The second-order valence-corrected chi connectivity index (χ2v) is 10.3. The van der Waals surface area contributed by atoms with E-state index in [2.05, 4.69) is 87.0 Å². The number of aromatic nitrogens is 4. The molecule has 0 aliphatic carbocycles. The van der Waals surface area contributed by atoms with E-state index in [1.807, 2.05) is 21.4 Å². The molecule has 0 atom stereocenters. The quantitative estimate of drug-likeness (QED) is 0.411. The molecule has 1 aliphatic heterocycles. The van der Waals surface area contributed by atoms with Crippen molar-refractivity contribution < 1.29 is 9.31 Å². The van der Waals surface area contributed by atoms with Crippen LogP contribution in [0.15, 0.2) is 41.3 Å². The lowest BCUT2D eigenvalue weighted by atomic mass is 9.80. The number of fused-ring (bicyclic) bond motifs is 2. The van der Waals surface area contributed by atoms with Crippen molar-refractivity contribution in [3.05, 3.63) is 63.6 Å². The predicted molar refractivity (Wildman–Crippen MR) is 126 cm³/mol. The van der Waals surface area contributed by atoms with Crippen molar-refractivity contribution in [3.8, 4) is 0 Å². The molecule has 0 aromatic carbocycles. The van der Waals surface area contributed by atoms with Crippen LogP contribution in [0.2, 0.25) is 0 Å². The number of pyridine rings is 2. The van der Waals surface area contributed by atoms with Crippen molar-refractivity contribution in [3.63, 3.8) is 0 Å². The third kappa shape index (κ3) is 3.32. The molecular weight excluding hydrogens is 455 g/mol. The first-order valence-electron chi connectivity index (χ1n) is 10.5. The first-order chi connectivity index (χ1) is 14.6. The van der Waals surface area contributed by atoms with Gasteiger partial charge in [0.1, 0.15) is 0 Å². The summed E-state index contributed by atoms with van der Waals surface area (Å²) in [5, 5.41) is 9.37. The Morgan fingerprint density at radius 3 is 2.42 bits per heavy atom. The molecule has 6 nitrogen and oxygen atoms in total. The SMILES string of the molecule is Cc1ccc2c(Br)c(Cc3cc4c(B5OC(C)(C)C(C)(C)O5)cnn4cc3C)nn2c1. The number of rotatable bonds is 3. The number of hydrogen-bond donors (Lipinski definition) is 0. The Bertz CT molecular complexity index is 1310. The van der Waals surface area contributed by atoms with Gasteiger partial charge in [-0.15, -0.1) is 0 Å². The summed E-state index contributed by atoms with van der Waals surface area (Å²) in [4.78, 5) is 0. The summed E-state index contributed by atoms with van der Waals surface area (Å²) in [7, 11) is -0.442. The monoisotopic (exact) mass is 480 g/mol. The lowest BCUT2D eigenvalue weighted by molar-refractivity contribution is 0.00578. The average Bonchev–Trinajstić information content (AvgIpc) is 3.28. The smallest absolute Gasteiger partial charge is 0.399 e. The fourth-order valence-electron chi connectivity index (χ4n) is 3.99. The van der Waals surface area contributed by atoms with Gasteiger partial charge < -0.3 is 9.31 Å². The summed E-state index contributed by atoms with van der Waals surface area (Å²) in [5.41, 5.74) is 6.79. The lowest BCUT2D eigenvalue weighted by Crippen LogP contribution is -2.41. The summed E-state index contributed by atoms with van der Waals surface area (Å²) in [6, 6.07) is 6.38. The molecule has 5 rings (SSSR count). The van der Waals surface area contributed by atoms with E-state index in [4.69, 9.17) is 14.4 Å². The minimum absolute atomic E-state index is 0.390. The van der Waals surface area contributed by atoms with Crippen LogP contribution in [0.4, 0.5) is 0 Å². The Balaban J connectivity index is 1.54. The average molecular weight is 481 g/mol. The van der Waals surface area contributed by atoms with E-state index in [9.17, 15) is 0 Å². The van der Waals surface area contributed by atoms with Crippen molar-refractivity contribution in [2.75, 3.05) is 0 Å². The minimum Gasteiger partial charge on any atom is -0.399 e. The molecule has 0 saturated carbocycles. The zero-order valence-electron chi connectivity index (χ0n) is 18.7. The van der Waals surface area contributed by atoms with Crippen molar-refractivity contribution in [2.24, 2.45) is 0 Å². The number of hydrogen-bond acceptors (Lipinski definition) is 4. The highest BCUT2D eigenvalue weighted by Gasteiger charge is 2.52. The normalized spacial score (nSPS) is 17.8. The zero-order valence-corrected chi connectivity index (χ0v) is 20.3. The van der Waals surface area contributed by atoms with Gasteiger partial charge >= 0.3 is 7.12 Å². The van der Waals surface area contributed by atoms with Crippen molar-refractivity contribution in [1.82, 2.24) is 19.2 Å². The fraction of sp³-hybridized carbons (Fsp3) is 0.391. The van der Waals surface area contributed by atoms with E-state index >= 15 is 0 Å². The minimum atomic E-state index is -0.442. The second-order valence-electron chi connectivity index (χ2n) is 9.47. The topological polar surface area (TPSA) is 53.1 Å². The Morgan fingerprint density at radius 2 is 1.71 bits per heavy atom. The Hall–Kier alpha value is -2.16. The van der Waals surface area contributed by atoms with E-state index < -0.39 is 7.12 Å². The second kappa shape index (κ2) is 6.92. The fourth-order valence-corrected chi connectivity index (χ4v) is 4.52. The molecule has 0 N–H and O–H groups in total. The molecular formula is C23H26BBrN4O2. The molecule has 0 bridgehead atoms. The highest BCUT2D eigenvalue weighted by Crippen LogP contribution is 2.37. The Kier molecular flexibility index (Phi) is 4.63. The highest BCUT2D eigenvalue weighted by atomic mass is 79.9. The van der Waals surface area contributed by atoms with Crippen molar-refractivity contribution >= 4 is 39.5 Å². The standard InChI is InChI=1S/C23H26BBrN4O2/c1-14-7-8-19-21(25)18(27-29(19)12-14)9-16-10-20-17(11-26-28(20)13-15(16)2)24-30-22(3,4)23(5,6)31-24/h7-8,10-13H,9H2,1-6H3. The molecule has 0 spiro atoms. The van der Waals surface area contributed by atoms with Crippen LogP contribution in [-0.2, 0) is 15.7 Å². The third-order valence-electron chi connectivity index (χ3n) is 6.65. The van der Waals surface area contributed by atoms with Gasteiger partial charge in [-0.3, -0.25) is 0 Å². The third-order valence-corrected chi connectivity index (χ3v) is 7.51. The van der Waals surface area contributed by atoms with Gasteiger partial charge in [0, 0.05) is 30.5 Å². The van der Waals surface area contributed by atoms with Crippen LogP contribution in [0.25, 0.3) is 11.0 Å². The van der Waals surface area contributed by atoms with E-state index in [-0.39, 0.29) is 11.2 Å². The molecule has 8 heteroatoms. The molecule has 1 aliphatic rings. The lowest BCUT2D eigenvalue weighted by Gasteiger charge is -2.32. The first-order valence-corrected chi connectivity index (χ1v) is 11.3. The van der Waals surface area contributed by atoms with Gasteiger partial charge in [-0.05, 0) is 86.3 Å². The van der Waals surface area contributed by atoms with Gasteiger partial charge in [0.05, 0.1) is 32.4 Å². The molecule has 1 fully saturated rings. The maximum absolute atomic E-state index is 6.28. The molecule has 1 saturated heterocycles. The van der Waals surface area contributed by atoms with Gasteiger partial charge in [-0.2, -0.15) is 10.2 Å². The van der Waals surface area contributed by atoms with Crippen LogP contribution >= 0.6 is 15.9 Å². The largest absolute Gasteiger partial charge is 0.498 e. The van der Waals surface area contributed by atoms with Crippen LogP contribution in [0.5, 0.6) is 0 Å². The Morgan fingerprint density at radius 1 is 1.00 bits per heavy atom. The molecule has 0 radical (unpaired) electrons. The highest BCUT2D eigenvalue weighted by molar-refractivity contribution is 9.10. The predicted octanol–water partition coefficient (Wildman–Crippen LogP) is 4.25. The van der Waals surface area contributed by atoms with Crippen molar-refractivity contribution in [1.29, 1.82) is 0 Å². The summed E-state index contributed by atoms with van der Waals surface area (Å²) in [5.74, 6) is 0. The van der Waals surface area contributed by atoms with Crippen LogP contribution in [0.3, 0.4) is 0 Å². The van der Waals surface area contributed by atoms with Crippen LogP contribution < -0.4 is 5.46 Å². The van der Waals surface area contributed by atoms with E-state index in [1.54, 1.807) is 0 Å². The number of halogens is 1. The van der Waals surface area contributed by atoms with Gasteiger partial charge in [0.2, 0.25) is 0 Å². The molecule has 0 unspecified atom stereocenters. The number of aryl methyl sites for hydroxylation is 2. The molecule has 5 heterocycles. The van der Waals surface area contributed by atoms with E-state index in [1.165, 1.54) is 11.1 Å². The van der Waals surface area contributed by atoms with Gasteiger partial charge in [-0.1, -0.05) is 6.07 Å². The molecule has 160 valence electrons. The molecule has 31 heavy (non-hydrogen) atoms. The van der Waals surface area contributed by atoms with Gasteiger partial charge in [-0.25, -0.2) is 9.03 Å². The van der Waals surface area contributed by atoms with Crippen LogP contribution in [0, 0.1) is 13.8 Å². The Labute approximate surface area is 190 Å². The van der Waals surface area contributed by atoms with Crippen LogP contribution in [0.1, 0.15) is 50.1 Å². The molecule has 0 amide bonds. The maximum Gasteiger partial charge on any atom is 0.498 e. The maximum atomic E-state index is 6.28. The molecule has 4 aromatic rings. The summed E-state index contributed by atoms with van der Waals surface area (Å²) >= 11 is 3.75. The molecule has 4 aromatic heterocycles. The van der Waals surface area contributed by atoms with Crippen molar-refractivity contribution in [2.45, 2.75) is 59.2 Å².